The smallest absolute Gasteiger partial charge is 0.255 e. The van der Waals surface area contributed by atoms with Crippen LogP contribution in [-0.2, 0) is 18.3 Å². The van der Waals surface area contributed by atoms with Gasteiger partial charge in [-0.15, -0.1) is 0 Å². The van der Waals surface area contributed by atoms with Crippen molar-refractivity contribution in [1.29, 1.82) is 0 Å². The van der Waals surface area contributed by atoms with Gasteiger partial charge < -0.3 is 9.64 Å². The normalized spacial score (nSPS) is 10.7. The van der Waals surface area contributed by atoms with Crippen molar-refractivity contribution in [2.75, 3.05) is 20.3 Å². The molecule has 0 unspecified atom stereocenters. The van der Waals surface area contributed by atoms with Crippen LogP contribution in [0.4, 0.5) is 0 Å². The van der Waals surface area contributed by atoms with Crippen LogP contribution in [0.1, 0.15) is 15.9 Å². The van der Waals surface area contributed by atoms with E-state index in [0.717, 1.165) is 5.56 Å². The fourth-order valence-electron chi connectivity index (χ4n) is 2.07. The van der Waals surface area contributed by atoms with Crippen LogP contribution in [0.25, 0.3) is 0 Å². The lowest BCUT2D eigenvalue weighted by molar-refractivity contribution is 0.0680. The summed E-state index contributed by atoms with van der Waals surface area (Å²) in [6.07, 6.45) is 3.60. The zero-order valence-electron chi connectivity index (χ0n) is 12.4. The van der Waals surface area contributed by atoms with Crippen molar-refractivity contribution in [3.63, 3.8) is 0 Å². The third-order valence-corrected chi connectivity index (χ3v) is 3.99. The van der Waals surface area contributed by atoms with Crippen LogP contribution in [-0.4, -0.2) is 40.8 Å². The Balaban J connectivity index is 2.23. The molecule has 1 amide bonds. The molecule has 7 heteroatoms. The lowest BCUT2D eigenvalue weighted by atomic mass is 10.2. The SMILES string of the molecule is COCCN(Cc1cnn(C)c1)C(=O)c1cccc(Cl)c1Cl. The number of hydrogen-bond donors (Lipinski definition) is 0. The van der Waals surface area contributed by atoms with Crippen LogP contribution in [0, 0.1) is 0 Å². The number of aromatic nitrogens is 2. The number of ether oxygens (including phenoxy) is 1. The average molecular weight is 342 g/mol. The first-order valence-electron chi connectivity index (χ1n) is 6.72. The highest BCUT2D eigenvalue weighted by atomic mass is 35.5. The fourth-order valence-corrected chi connectivity index (χ4v) is 2.45. The zero-order chi connectivity index (χ0) is 16.1. The monoisotopic (exact) mass is 341 g/mol. The number of carbonyl (C=O) groups is 1. The summed E-state index contributed by atoms with van der Waals surface area (Å²) in [5.74, 6) is -0.187. The highest BCUT2D eigenvalue weighted by molar-refractivity contribution is 6.43. The van der Waals surface area contributed by atoms with Gasteiger partial charge >= 0.3 is 0 Å². The summed E-state index contributed by atoms with van der Waals surface area (Å²) in [5, 5.41) is 4.74. The van der Waals surface area contributed by atoms with Crippen molar-refractivity contribution >= 4 is 29.1 Å². The number of methoxy groups -OCH3 is 1. The van der Waals surface area contributed by atoms with Crippen LogP contribution in [0.5, 0.6) is 0 Å². The number of rotatable bonds is 6. The van der Waals surface area contributed by atoms with E-state index in [0.29, 0.717) is 30.3 Å². The molecule has 0 spiro atoms. The Bertz CT molecular complexity index is 658. The first kappa shape index (κ1) is 16.8. The van der Waals surface area contributed by atoms with Crippen molar-refractivity contribution in [2.24, 2.45) is 7.05 Å². The van der Waals surface area contributed by atoms with Crippen molar-refractivity contribution in [3.05, 3.63) is 51.8 Å². The molecule has 118 valence electrons. The summed E-state index contributed by atoms with van der Waals surface area (Å²) in [7, 11) is 3.43. The second-order valence-electron chi connectivity index (χ2n) is 4.84. The summed E-state index contributed by atoms with van der Waals surface area (Å²) in [6.45, 7) is 1.32. The number of aryl methyl sites for hydroxylation is 1. The molecule has 0 N–H and O–H groups in total. The Labute approximate surface area is 139 Å². The van der Waals surface area contributed by atoms with E-state index in [-0.39, 0.29) is 10.9 Å². The molecule has 1 aromatic carbocycles. The third-order valence-electron chi connectivity index (χ3n) is 3.17. The Morgan fingerprint density at radius 1 is 1.41 bits per heavy atom. The Hall–Kier alpha value is -1.56. The minimum atomic E-state index is -0.187. The molecule has 0 fully saturated rings. The molecular weight excluding hydrogens is 325 g/mol. The molecule has 0 saturated heterocycles. The molecule has 0 aliphatic carbocycles. The summed E-state index contributed by atoms with van der Waals surface area (Å²) < 4.78 is 6.78. The van der Waals surface area contributed by atoms with E-state index >= 15 is 0 Å². The molecule has 0 aliphatic heterocycles. The molecule has 0 radical (unpaired) electrons. The molecule has 0 bridgehead atoms. The lowest BCUT2D eigenvalue weighted by Crippen LogP contribution is -2.33. The van der Waals surface area contributed by atoms with Crippen LogP contribution >= 0.6 is 23.2 Å². The maximum absolute atomic E-state index is 12.7. The maximum atomic E-state index is 12.7. The second kappa shape index (κ2) is 7.63. The van der Waals surface area contributed by atoms with Gasteiger partial charge in [0.25, 0.3) is 5.91 Å². The Kier molecular flexibility index (Phi) is 5.83. The number of amides is 1. The van der Waals surface area contributed by atoms with Gasteiger partial charge in [-0.3, -0.25) is 9.48 Å². The van der Waals surface area contributed by atoms with Crippen molar-refractivity contribution in [3.8, 4) is 0 Å². The number of benzene rings is 1. The van der Waals surface area contributed by atoms with Gasteiger partial charge in [0.15, 0.2) is 0 Å². The van der Waals surface area contributed by atoms with Gasteiger partial charge in [-0.05, 0) is 12.1 Å². The highest BCUT2D eigenvalue weighted by Gasteiger charge is 2.20. The van der Waals surface area contributed by atoms with E-state index in [1.807, 2.05) is 13.2 Å². The van der Waals surface area contributed by atoms with Crippen molar-refractivity contribution < 1.29 is 9.53 Å². The van der Waals surface area contributed by atoms with Gasteiger partial charge in [0.1, 0.15) is 0 Å². The van der Waals surface area contributed by atoms with Crippen molar-refractivity contribution in [1.82, 2.24) is 14.7 Å². The molecule has 5 nitrogen and oxygen atoms in total. The number of carbonyl (C=O) groups excluding carboxylic acids is 1. The van der Waals surface area contributed by atoms with Gasteiger partial charge in [0.2, 0.25) is 0 Å². The predicted molar refractivity (Wildman–Crippen MR) is 86.3 cm³/mol. The third kappa shape index (κ3) is 4.00. The summed E-state index contributed by atoms with van der Waals surface area (Å²) >= 11 is 12.1. The van der Waals surface area contributed by atoms with E-state index in [1.54, 1.807) is 41.1 Å². The molecule has 1 aromatic heterocycles. The first-order chi connectivity index (χ1) is 10.5. The number of hydrogen-bond acceptors (Lipinski definition) is 3. The molecule has 2 aromatic rings. The van der Waals surface area contributed by atoms with E-state index < -0.39 is 0 Å². The zero-order valence-corrected chi connectivity index (χ0v) is 13.9. The molecule has 1 heterocycles. The molecule has 2 rings (SSSR count). The van der Waals surface area contributed by atoms with Gasteiger partial charge in [-0.1, -0.05) is 29.3 Å². The largest absolute Gasteiger partial charge is 0.383 e. The van der Waals surface area contributed by atoms with E-state index in [2.05, 4.69) is 5.10 Å². The van der Waals surface area contributed by atoms with Gasteiger partial charge in [-0.2, -0.15) is 5.10 Å². The second-order valence-corrected chi connectivity index (χ2v) is 5.63. The predicted octanol–water partition coefficient (Wildman–Crippen LogP) is 3.02. The minimum Gasteiger partial charge on any atom is -0.383 e. The molecule has 0 atom stereocenters. The van der Waals surface area contributed by atoms with Gasteiger partial charge in [0, 0.05) is 39.0 Å². The fraction of sp³-hybridized carbons (Fsp3) is 0.333. The Morgan fingerprint density at radius 3 is 2.82 bits per heavy atom. The number of halogens is 2. The van der Waals surface area contributed by atoms with E-state index in [9.17, 15) is 4.79 Å². The summed E-state index contributed by atoms with van der Waals surface area (Å²) in [4.78, 5) is 14.4. The Morgan fingerprint density at radius 2 is 2.18 bits per heavy atom. The standard InChI is InChI=1S/C15H17Cl2N3O2/c1-19-9-11(8-18-19)10-20(6-7-22-2)15(21)12-4-3-5-13(16)14(12)17/h3-5,8-9H,6-7,10H2,1-2H3. The molecule has 22 heavy (non-hydrogen) atoms. The molecular formula is C15H17Cl2N3O2. The molecule has 0 saturated carbocycles. The van der Waals surface area contributed by atoms with Crippen molar-refractivity contribution in [2.45, 2.75) is 6.54 Å². The summed E-state index contributed by atoms with van der Waals surface area (Å²) in [6, 6.07) is 5.03. The van der Waals surface area contributed by atoms with Crippen LogP contribution in [0.3, 0.4) is 0 Å². The maximum Gasteiger partial charge on any atom is 0.255 e. The van der Waals surface area contributed by atoms with E-state index in [1.165, 1.54) is 0 Å². The molecule has 0 aliphatic rings. The van der Waals surface area contributed by atoms with Crippen LogP contribution < -0.4 is 0 Å². The lowest BCUT2D eigenvalue weighted by Gasteiger charge is -2.22. The average Bonchev–Trinajstić information content (AvgIpc) is 2.91. The van der Waals surface area contributed by atoms with Crippen LogP contribution in [0.15, 0.2) is 30.6 Å². The van der Waals surface area contributed by atoms with E-state index in [4.69, 9.17) is 27.9 Å². The highest BCUT2D eigenvalue weighted by Crippen LogP contribution is 2.26. The quantitative estimate of drug-likeness (QED) is 0.811. The van der Waals surface area contributed by atoms with Crippen LogP contribution in [0.2, 0.25) is 10.0 Å². The topological polar surface area (TPSA) is 47.4 Å². The minimum absolute atomic E-state index is 0.187. The van der Waals surface area contributed by atoms with Gasteiger partial charge in [0.05, 0.1) is 28.4 Å². The van der Waals surface area contributed by atoms with Gasteiger partial charge in [-0.25, -0.2) is 0 Å². The number of nitrogens with zero attached hydrogens (tertiary/aromatic N) is 3. The first-order valence-corrected chi connectivity index (χ1v) is 7.48. The summed E-state index contributed by atoms with van der Waals surface area (Å²) in [5.41, 5.74) is 1.32.